The van der Waals surface area contributed by atoms with Gasteiger partial charge in [-0.3, -0.25) is 0 Å². The number of benzene rings is 1. The molecule has 86 valence electrons. The molecule has 3 heteroatoms. The first-order chi connectivity index (χ1) is 7.90. The number of rotatable bonds is 3. The van der Waals surface area contributed by atoms with Gasteiger partial charge in [0, 0.05) is 17.9 Å². The summed E-state index contributed by atoms with van der Waals surface area (Å²) in [6, 6.07) is 9.98. The molecular weight excluding hydrogens is 224 g/mol. The van der Waals surface area contributed by atoms with E-state index in [2.05, 4.69) is 0 Å². The lowest BCUT2D eigenvalue weighted by atomic mass is 10.2. The molecule has 0 aliphatic carbocycles. The first-order valence-electron chi connectivity index (χ1n) is 5.45. The van der Waals surface area contributed by atoms with Gasteiger partial charge in [-0.2, -0.15) is 0 Å². The highest BCUT2D eigenvalue weighted by molar-refractivity contribution is 6.18. The van der Waals surface area contributed by atoms with Gasteiger partial charge in [-0.05, 0) is 0 Å². The van der Waals surface area contributed by atoms with Gasteiger partial charge >= 0.3 is 0 Å². The van der Waals surface area contributed by atoms with Crippen molar-refractivity contribution in [2.75, 3.05) is 12.5 Å². The van der Waals surface area contributed by atoms with Crippen molar-refractivity contribution < 1.29 is 9.47 Å². The average molecular weight is 239 g/mol. The van der Waals surface area contributed by atoms with Crippen LogP contribution >= 0.6 is 11.6 Å². The highest BCUT2D eigenvalue weighted by Gasteiger charge is 2.22. The SMILES string of the molecule is ClC/C=C/[C@@H]1CCO[C@H](c2ccccc2)O1. The van der Waals surface area contributed by atoms with Gasteiger partial charge < -0.3 is 9.47 Å². The molecule has 0 unspecified atom stereocenters. The zero-order valence-electron chi connectivity index (χ0n) is 9.01. The molecule has 0 aromatic heterocycles. The highest BCUT2D eigenvalue weighted by Crippen LogP contribution is 2.26. The summed E-state index contributed by atoms with van der Waals surface area (Å²) in [7, 11) is 0. The lowest BCUT2D eigenvalue weighted by Gasteiger charge is -2.28. The minimum absolute atomic E-state index is 0.109. The number of ether oxygens (including phenoxy) is 2. The molecule has 0 amide bonds. The molecule has 1 fully saturated rings. The molecule has 16 heavy (non-hydrogen) atoms. The summed E-state index contributed by atoms with van der Waals surface area (Å²) in [6.07, 6.45) is 4.67. The summed E-state index contributed by atoms with van der Waals surface area (Å²) in [6.45, 7) is 0.719. The second-order valence-electron chi connectivity index (χ2n) is 3.66. The Morgan fingerprint density at radius 1 is 1.31 bits per heavy atom. The summed E-state index contributed by atoms with van der Waals surface area (Å²) in [4.78, 5) is 0. The summed E-state index contributed by atoms with van der Waals surface area (Å²) in [5.74, 6) is 0.525. The van der Waals surface area contributed by atoms with Crippen LogP contribution in [0.5, 0.6) is 0 Å². The summed E-state index contributed by atoms with van der Waals surface area (Å²) < 4.78 is 11.4. The van der Waals surface area contributed by atoms with Crippen LogP contribution in [-0.4, -0.2) is 18.6 Å². The molecule has 2 nitrogen and oxygen atoms in total. The van der Waals surface area contributed by atoms with Crippen molar-refractivity contribution in [2.45, 2.75) is 18.8 Å². The summed E-state index contributed by atoms with van der Waals surface area (Å²) >= 11 is 5.60. The van der Waals surface area contributed by atoms with Crippen LogP contribution in [0.3, 0.4) is 0 Å². The van der Waals surface area contributed by atoms with Crippen molar-refractivity contribution in [3.05, 3.63) is 48.0 Å². The van der Waals surface area contributed by atoms with Crippen LogP contribution in [0, 0.1) is 0 Å². The quantitative estimate of drug-likeness (QED) is 0.594. The minimum Gasteiger partial charge on any atom is -0.348 e. The predicted molar refractivity (Wildman–Crippen MR) is 64.5 cm³/mol. The third-order valence-corrected chi connectivity index (χ3v) is 2.66. The van der Waals surface area contributed by atoms with Crippen LogP contribution in [-0.2, 0) is 9.47 Å². The fourth-order valence-corrected chi connectivity index (χ4v) is 1.79. The van der Waals surface area contributed by atoms with Crippen LogP contribution < -0.4 is 0 Å². The molecule has 2 rings (SSSR count). The number of allylic oxidation sites excluding steroid dienone is 1. The van der Waals surface area contributed by atoms with E-state index in [-0.39, 0.29) is 12.4 Å². The van der Waals surface area contributed by atoms with E-state index in [0.29, 0.717) is 5.88 Å². The number of hydrogen-bond donors (Lipinski definition) is 0. The monoisotopic (exact) mass is 238 g/mol. The third-order valence-electron chi connectivity index (χ3n) is 2.48. The smallest absolute Gasteiger partial charge is 0.184 e. The zero-order chi connectivity index (χ0) is 11.2. The van der Waals surface area contributed by atoms with Crippen LogP contribution in [0.1, 0.15) is 18.3 Å². The fraction of sp³-hybridized carbons (Fsp3) is 0.385. The molecule has 1 aromatic carbocycles. The van der Waals surface area contributed by atoms with E-state index in [0.717, 1.165) is 18.6 Å². The van der Waals surface area contributed by atoms with Crippen molar-refractivity contribution >= 4 is 11.6 Å². The maximum Gasteiger partial charge on any atom is 0.184 e. The summed E-state index contributed by atoms with van der Waals surface area (Å²) in [5, 5.41) is 0. The van der Waals surface area contributed by atoms with Gasteiger partial charge in [0.25, 0.3) is 0 Å². The summed E-state index contributed by atoms with van der Waals surface area (Å²) in [5.41, 5.74) is 1.06. The average Bonchev–Trinajstić information content (AvgIpc) is 2.38. The standard InChI is InChI=1S/C13H15ClO2/c14-9-4-7-12-8-10-15-13(16-12)11-5-2-1-3-6-11/h1-7,12-13H,8-10H2/b7-4+/t12-,13+/m1/s1. The molecule has 0 bridgehead atoms. The largest absolute Gasteiger partial charge is 0.348 e. The van der Waals surface area contributed by atoms with E-state index in [4.69, 9.17) is 21.1 Å². The Labute approximate surface area is 101 Å². The van der Waals surface area contributed by atoms with E-state index in [9.17, 15) is 0 Å². The van der Waals surface area contributed by atoms with Crippen LogP contribution in [0.4, 0.5) is 0 Å². The van der Waals surface area contributed by atoms with Gasteiger partial charge in [0.2, 0.25) is 0 Å². The Kier molecular flexibility index (Phi) is 4.40. The van der Waals surface area contributed by atoms with Gasteiger partial charge in [0.1, 0.15) is 0 Å². The number of alkyl halides is 1. The maximum absolute atomic E-state index is 5.81. The Hall–Kier alpha value is -0.830. The van der Waals surface area contributed by atoms with Crippen molar-refractivity contribution in [1.82, 2.24) is 0 Å². The number of halogens is 1. The maximum atomic E-state index is 5.81. The fourth-order valence-electron chi connectivity index (χ4n) is 1.69. The molecule has 1 aliphatic heterocycles. The van der Waals surface area contributed by atoms with E-state index in [1.54, 1.807) is 0 Å². The van der Waals surface area contributed by atoms with Crippen LogP contribution in [0.2, 0.25) is 0 Å². The molecule has 1 aliphatic rings. The number of hydrogen-bond acceptors (Lipinski definition) is 2. The van der Waals surface area contributed by atoms with Crippen LogP contribution in [0.15, 0.2) is 42.5 Å². The van der Waals surface area contributed by atoms with Crippen molar-refractivity contribution in [1.29, 1.82) is 0 Å². The van der Waals surface area contributed by atoms with E-state index in [1.807, 2.05) is 42.5 Å². The van der Waals surface area contributed by atoms with Gasteiger partial charge in [-0.1, -0.05) is 42.5 Å². The van der Waals surface area contributed by atoms with E-state index < -0.39 is 0 Å². The zero-order valence-corrected chi connectivity index (χ0v) is 9.77. The van der Waals surface area contributed by atoms with E-state index >= 15 is 0 Å². The first-order valence-corrected chi connectivity index (χ1v) is 5.98. The van der Waals surface area contributed by atoms with Gasteiger partial charge in [0.15, 0.2) is 6.29 Å². The molecule has 2 atom stereocenters. The predicted octanol–water partition coefficient (Wildman–Crippen LogP) is 3.29. The van der Waals surface area contributed by atoms with Gasteiger partial charge in [-0.25, -0.2) is 0 Å². The van der Waals surface area contributed by atoms with Crippen molar-refractivity contribution in [3.8, 4) is 0 Å². The molecule has 0 radical (unpaired) electrons. The lowest BCUT2D eigenvalue weighted by molar-refractivity contribution is -0.204. The van der Waals surface area contributed by atoms with Crippen molar-refractivity contribution in [2.24, 2.45) is 0 Å². The highest BCUT2D eigenvalue weighted by atomic mass is 35.5. The minimum atomic E-state index is -0.250. The van der Waals surface area contributed by atoms with Crippen LogP contribution in [0.25, 0.3) is 0 Å². The lowest BCUT2D eigenvalue weighted by Crippen LogP contribution is -2.25. The Bertz CT molecular complexity index is 337. The van der Waals surface area contributed by atoms with Gasteiger partial charge in [0.05, 0.1) is 12.7 Å². The Morgan fingerprint density at radius 3 is 2.88 bits per heavy atom. The van der Waals surface area contributed by atoms with Crippen molar-refractivity contribution in [3.63, 3.8) is 0 Å². The first kappa shape index (κ1) is 11.6. The molecule has 0 spiro atoms. The second kappa shape index (κ2) is 6.04. The molecule has 1 aromatic rings. The molecular formula is C13H15ClO2. The van der Waals surface area contributed by atoms with E-state index in [1.165, 1.54) is 0 Å². The topological polar surface area (TPSA) is 18.5 Å². The molecule has 0 saturated carbocycles. The molecule has 0 N–H and O–H groups in total. The third kappa shape index (κ3) is 3.08. The van der Waals surface area contributed by atoms with Gasteiger partial charge in [-0.15, -0.1) is 11.6 Å². The second-order valence-corrected chi connectivity index (χ2v) is 3.97. The molecule has 1 saturated heterocycles. The Balaban J connectivity index is 1.99. The Morgan fingerprint density at radius 2 is 2.12 bits per heavy atom. The molecule has 1 heterocycles. The normalized spacial score (nSPS) is 26.1.